The van der Waals surface area contributed by atoms with E-state index in [9.17, 15) is 18.7 Å². The number of nitrogens with zero attached hydrogens (tertiary/aromatic N) is 1. The highest BCUT2D eigenvalue weighted by Gasteiger charge is 2.52. The van der Waals surface area contributed by atoms with Crippen LogP contribution in [0.2, 0.25) is 10.0 Å². The number of fused-ring (bicyclic) bond motifs is 1. The minimum absolute atomic E-state index is 0.0347. The number of carbonyl (C=O) groups is 1. The van der Waals surface area contributed by atoms with Gasteiger partial charge in [-0.1, -0.05) is 35.3 Å². The molecule has 1 aliphatic carbocycles. The minimum Gasteiger partial charge on any atom is -0.478 e. The number of aromatic carboxylic acids is 1. The Bertz CT molecular complexity index is 1750. The second-order valence-electron chi connectivity index (χ2n) is 12.0. The standard InChI is InChI=1S/C31H30BCl2NO7S/c1-30(2)31(3,4)42-32(41-30)23-12-5-17(13-24(23)34)16-35(43(38)39)25-15-26-22(14-21(25)18-6-7-18)27(29(36)37)28(40-26)19-8-10-20(33)11-9-19/h5,8-15,18H,6-7,16H2,1-4H3,(H,36,37)(H,38,39). The molecule has 0 amide bonds. The summed E-state index contributed by atoms with van der Waals surface area (Å²) in [5, 5.41) is 11.5. The van der Waals surface area contributed by atoms with E-state index in [2.05, 4.69) is 0 Å². The molecular formula is C31H30BCl2NO7S. The second-order valence-corrected chi connectivity index (χ2v) is 13.8. The van der Waals surface area contributed by atoms with Crippen molar-refractivity contribution in [3.8, 4) is 11.3 Å². The van der Waals surface area contributed by atoms with Crippen molar-refractivity contribution in [1.82, 2.24) is 0 Å². The second kappa shape index (κ2) is 10.9. The highest BCUT2D eigenvalue weighted by molar-refractivity contribution is 7.80. The number of furan rings is 1. The Labute approximate surface area is 262 Å². The molecule has 1 aliphatic heterocycles. The molecule has 2 fully saturated rings. The van der Waals surface area contributed by atoms with Crippen molar-refractivity contribution in [1.29, 1.82) is 0 Å². The maximum atomic E-state index is 12.8. The van der Waals surface area contributed by atoms with Gasteiger partial charge in [0.15, 0.2) is 0 Å². The topological polar surface area (TPSA) is 109 Å². The van der Waals surface area contributed by atoms with Crippen LogP contribution in [0.25, 0.3) is 22.3 Å². The van der Waals surface area contributed by atoms with Crippen LogP contribution in [0, 0.1) is 0 Å². The van der Waals surface area contributed by atoms with Crippen LogP contribution in [0.15, 0.2) is 59.0 Å². The van der Waals surface area contributed by atoms with Crippen LogP contribution in [0.5, 0.6) is 0 Å². The Morgan fingerprint density at radius 2 is 1.67 bits per heavy atom. The Morgan fingerprint density at radius 1 is 1.02 bits per heavy atom. The van der Waals surface area contributed by atoms with Crippen LogP contribution in [0.3, 0.4) is 0 Å². The van der Waals surface area contributed by atoms with Crippen molar-refractivity contribution in [3.63, 3.8) is 0 Å². The number of halogens is 2. The number of hydrogen-bond acceptors (Lipinski definition) is 5. The maximum Gasteiger partial charge on any atom is 0.496 e. The minimum atomic E-state index is -2.41. The molecule has 6 rings (SSSR count). The predicted molar refractivity (Wildman–Crippen MR) is 170 cm³/mol. The zero-order valence-corrected chi connectivity index (χ0v) is 26.3. The Morgan fingerprint density at radius 3 is 2.23 bits per heavy atom. The van der Waals surface area contributed by atoms with Gasteiger partial charge in [-0.3, -0.25) is 8.86 Å². The maximum absolute atomic E-state index is 12.8. The van der Waals surface area contributed by atoms with Gasteiger partial charge in [-0.25, -0.2) is 9.00 Å². The lowest BCUT2D eigenvalue weighted by Gasteiger charge is -2.32. The molecule has 2 heterocycles. The highest BCUT2D eigenvalue weighted by Crippen LogP contribution is 2.48. The third kappa shape index (κ3) is 5.61. The van der Waals surface area contributed by atoms with Crippen LogP contribution in [0.4, 0.5) is 5.69 Å². The molecule has 0 radical (unpaired) electrons. The molecule has 12 heteroatoms. The van der Waals surface area contributed by atoms with Crippen molar-refractivity contribution >= 4 is 69.7 Å². The van der Waals surface area contributed by atoms with Gasteiger partial charge in [-0.05, 0) is 94.0 Å². The monoisotopic (exact) mass is 641 g/mol. The smallest absolute Gasteiger partial charge is 0.478 e. The highest BCUT2D eigenvalue weighted by atomic mass is 35.5. The van der Waals surface area contributed by atoms with E-state index in [1.54, 1.807) is 42.5 Å². The Kier molecular flexibility index (Phi) is 7.68. The van der Waals surface area contributed by atoms with E-state index in [-0.39, 0.29) is 23.8 Å². The van der Waals surface area contributed by atoms with Crippen molar-refractivity contribution in [2.24, 2.45) is 0 Å². The number of rotatable bonds is 8. The van der Waals surface area contributed by atoms with Crippen LogP contribution in [-0.4, -0.2) is 38.2 Å². The van der Waals surface area contributed by atoms with Crippen molar-refractivity contribution in [3.05, 3.63) is 81.3 Å². The van der Waals surface area contributed by atoms with E-state index in [0.29, 0.717) is 43.3 Å². The summed E-state index contributed by atoms with van der Waals surface area (Å²) in [6.07, 6.45) is 1.78. The predicted octanol–water partition coefficient (Wildman–Crippen LogP) is 7.42. The lowest BCUT2D eigenvalue weighted by Crippen LogP contribution is -2.41. The number of hydrogen-bond donors (Lipinski definition) is 2. The van der Waals surface area contributed by atoms with Crippen LogP contribution < -0.4 is 9.77 Å². The van der Waals surface area contributed by atoms with Gasteiger partial charge < -0.3 is 18.8 Å². The molecular weight excluding hydrogens is 612 g/mol. The van der Waals surface area contributed by atoms with E-state index in [4.69, 9.17) is 36.9 Å². The molecule has 1 aromatic heterocycles. The van der Waals surface area contributed by atoms with Gasteiger partial charge in [0.2, 0.25) is 0 Å². The Balaban J connectivity index is 1.38. The van der Waals surface area contributed by atoms with Crippen LogP contribution in [-0.2, 0) is 27.1 Å². The van der Waals surface area contributed by atoms with Crippen LogP contribution >= 0.6 is 23.2 Å². The van der Waals surface area contributed by atoms with Gasteiger partial charge >= 0.3 is 13.1 Å². The summed E-state index contributed by atoms with van der Waals surface area (Å²) in [5.41, 5.74) is 2.50. The molecule has 1 unspecified atom stereocenters. The zero-order valence-electron chi connectivity index (χ0n) is 24.0. The number of anilines is 1. The molecule has 4 aromatic rings. The van der Waals surface area contributed by atoms with E-state index >= 15 is 0 Å². The van der Waals surface area contributed by atoms with E-state index in [1.807, 2.05) is 39.8 Å². The fourth-order valence-corrected chi connectivity index (χ4v) is 6.33. The average molecular weight is 642 g/mol. The first-order chi connectivity index (χ1) is 20.3. The molecule has 224 valence electrons. The summed E-state index contributed by atoms with van der Waals surface area (Å²) in [6, 6.07) is 15.5. The molecule has 1 saturated carbocycles. The molecule has 0 bridgehead atoms. The molecule has 8 nitrogen and oxygen atoms in total. The van der Waals surface area contributed by atoms with Gasteiger partial charge in [0, 0.05) is 32.5 Å². The van der Waals surface area contributed by atoms with E-state index in [1.165, 1.54) is 4.31 Å². The molecule has 3 aromatic carbocycles. The normalized spacial score (nSPS) is 18.3. The van der Waals surface area contributed by atoms with E-state index < -0.39 is 35.6 Å². The lowest BCUT2D eigenvalue weighted by molar-refractivity contribution is 0.00578. The van der Waals surface area contributed by atoms with Gasteiger partial charge in [0.05, 0.1) is 23.4 Å². The summed E-state index contributed by atoms with van der Waals surface area (Å²) in [5.74, 6) is -0.798. The SMILES string of the molecule is CC1(C)OB(c2ccc(CN(c3cc4oc(-c5ccc(Cl)cc5)c(C(=O)O)c4cc3C3CC3)S(=O)O)cc2Cl)OC1(C)C. The molecule has 1 atom stereocenters. The van der Waals surface area contributed by atoms with Gasteiger partial charge in [0.1, 0.15) is 16.9 Å². The lowest BCUT2D eigenvalue weighted by atomic mass is 9.78. The van der Waals surface area contributed by atoms with Gasteiger partial charge in [-0.2, -0.15) is 0 Å². The quantitative estimate of drug-likeness (QED) is 0.152. The fourth-order valence-electron chi connectivity index (χ4n) is 5.32. The van der Waals surface area contributed by atoms with Crippen molar-refractivity contribution < 1.29 is 32.4 Å². The molecule has 0 spiro atoms. The first-order valence-corrected chi connectivity index (χ1v) is 15.7. The first kappa shape index (κ1) is 30.2. The summed E-state index contributed by atoms with van der Waals surface area (Å²) in [4.78, 5) is 12.4. The van der Waals surface area contributed by atoms with Crippen molar-refractivity contribution in [2.75, 3.05) is 4.31 Å². The first-order valence-electron chi connectivity index (χ1n) is 13.9. The molecule has 2 N–H and O–H groups in total. The molecule has 1 saturated heterocycles. The average Bonchev–Trinajstić information content (AvgIpc) is 3.66. The summed E-state index contributed by atoms with van der Waals surface area (Å²) >= 11 is 10.3. The van der Waals surface area contributed by atoms with Crippen molar-refractivity contribution in [2.45, 2.75) is 64.2 Å². The Hall–Kier alpha value is -2.86. The van der Waals surface area contributed by atoms with Gasteiger partial charge in [-0.15, -0.1) is 0 Å². The number of carboxylic acids is 1. The molecule has 2 aliphatic rings. The summed E-state index contributed by atoms with van der Waals surface area (Å²) < 4.78 is 43.0. The third-order valence-electron chi connectivity index (χ3n) is 8.53. The largest absolute Gasteiger partial charge is 0.496 e. The summed E-state index contributed by atoms with van der Waals surface area (Å²) in [7, 11) is -0.643. The number of carboxylic acid groups (broad SMARTS) is 1. The van der Waals surface area contributed by atoms with Crippen LogP contribution in [0.1, 0.15) is 67.9 Å². The fraction of sp³-hybridized carbons (Fsp3) is 0.323. The summed E-state index contributed by atoms with van der Waals surface area (Å²) in [6.45, 7) is 7.93. The molecule has 43 heavy (non-hydrogen) atoms. The van der Waals surface area contributed by atoms with E-state index in [0.717, 1.165) is 18.4 Å². The zero-order chi connectivity index (χ0) is 30.8. The van der Waals surface area contributed by atoms with Gasteiger partial charge in [0.25, 0.3) is 11.3 Å². The number of benzene rings is 3. The third-order valence-corrected chi connectivity index (χ3v) is 9.81.